The zero-order valence-electron chi connectivity index (χ0n) is 13.6. The second kappa shape index (κ2) is 8.59. The van der Waals surface area contributed by atoms with Crippen LogP contribution < -0.4 is 20.7 Å². The van der Waals surface area contributed by atoms with Crippen molar-refractivity contribution in [2.75, 3.05) is 19.5 Å². The number of thiocarbonyl (C=S) groups is 1. The van der Waals surface area contributed by atoms with Crippen LogP contribution in [0.2, 0.25) is 0 Å². The zero-order valence-corrected chi connectivity index (χ0v) is 16.0. The minimum absolute atomic E-state index is 0.0910. The first kappa shape index (κ1) is 18.9. The van der Waals surface area contributed by atoms with Crippen molar-refractivity contribution in [3.8, 4) is 5.75 Å². The summed E-state index contributed by atoms with van der Waals surface area (Å²) in [5, 5.41) is 8.09. The van der Waals surface area contributed by atoms with Crippen LogP contribution in [0.5, 0.6) is 5.75 Å². The summed E-state index contributed by atoms with van der Waals surface area (Å²) in [5.41, 5.74) is 1.34. The van der Waals surface area contributed by atoms with Crippen molar-refractivity contribution in [1.29, 1.82) is 0 Å². The van der Waals surface area contributed by atoms with Gasteiger partial charge in [-0.25, -0.2) is 0 Å². The van der Waals surface area contributed by atoms with Crippen LogP contribution in [0, 0.1) is 0 Å². The van der Waals surface area contributed by atoms with E-state index in [-0.39, 0.29) is 16.9 Å². The monoisotopic (exact) mass is 421 g/mol. The number of methoxy groups -OCH3 is 1. The largest absolute Gasteiger partial charge is 0.496 e. The summed E-state index contributed by atoms with van der Waals surface area (Å²) in [6.45, 7) is 0. The molecule has 0 unspecified atom stereocenters. The molecule has 0 aliphatic rings. The number of rotatable bonds is 4. The van der Waals surface area contributed by atoms with Crippen molar-refractivity contribution in [2.45, 2.75) is 0 Å². The van der Waals surface area contributed by atoms with Crippen LogP contribution in [-0.4, -0.2) is 31.1 Å². The van der Waals surface area contributed by atoms with Crippen LogP contribution in [0.4, 0.5) is 5.69 Å². The quantitative estimate of drug-likeness (QED) is 0.661. The molecule has 6 nitrogen and oxygen atoms in total. The average Bonchev–Trinajstić information content (AvgIpc) is 2.61. The molecule has 0 saturated heterocycles. The third-order valence-electron chi connectivity index (χ3n) is 3.29. The maximum Gasteiger partial charge on any atom is 0.257 e. The standard InChI is InChI=1S/C17H16BrN3O3S/c1-19-16(23)11-5-3-4-6-13(11)20-17(25)21-15(22)10-7-8-14(24-2)12(18)9-10/h3-9H,1-2H3,(H,19,23)(H2,20,21,22,25). The molecular formula is C17H16BrN3O3S. The molecule has 0 heterocycles. The molecule has 0 bridgehead atoms. The molecule has 2 aromatic rings. The van der Waals surface area contributed by atoms with Crippen molar-refractivity contribution in [2.24, 2.45) is 0 Å². The Balaban J connectivity index is 2.09. The summed E-state index contributed by atoms with van der Waals surface area (Å²) in [7, 11) is 3.09. The average molecular weight is 422 g/mol. The minimum atomic E-state index is -0.377. The van der Waals surface area contributed by atoms with Crippen LogP contribution in [0.3, 0.4) is 0 Å². The number of amides is 2. The van der Waals surface area contributed by atoms with Gasteiger partial charge in [-0.05, 0) is 58.5 Å². The number of ether oxygens (including phenoxy) is 1. The van der Waals surface area contributed by atoms with E-state index in [2.05, 4.69) is 31.9 Å². The van der Waals surface area contributed by atoms with Gasteiger partial charge in [-0.3, -0.25) is 14.9 Å². The van der Waals surface area contributed by atoms with Gasteiger partial charge in [-0.15, -0.1) is 0 Å². The van der Waals surface area contributed by atoms with Gasteiger partial charge >= 0.3 is 0 Å². The Kier molecular flexibility index (Phi) is 6.49. The van der Waals surface area contributed by atoms with Gasteiger partial charge in [0.25, 0.3) is 11.8 Å². The third kappa shape index (κ3) is 4.77. The molecule has 25 heavy (non-hydrogen) atoms. The van der Waals surface area contributed by atoms with Crippen LogP contribution in [0.25, 0.3) is 0 Å². The van der Waals surface area contributed by atoms with Crippen molar-refractivity contribution in [3.63, 3.8) is 0 Å². The van der Waals surface area contributed by atoms with E-state index in [9.17, 15) is 9.59 Å². The number of carbonyl (C=O) groups is 2. The Morgan fingerprint density at radius 3 is 2.48 bits per heavy atom. The molecule has 0 radical (unpaired) electrons. The van der Waals surface area contributed by atoms with Crippen LogP contribution in [-0.2, 0) is 0 Å². The van der Waals surface area contributed by atoms with Gasteiger partial charge in [0.15, 0.2) is 5.11 Å². The van der Waals surface area contributed by atoms with Gasteiger partial charge in [0.1, 0.15) is 5.75 Å². The molecule has 2 rings (SSSR count). The molecule has 0 atom stereocenters. The molecule has 2 aromatic carbocycles. The lowest BCUT2D eigenvalue weighted by atomic mass is 10.1. The number of halogens is 1. The molecule has 0 aliphatic heterocycles. The Morgan fingerprint density at radius 1 is 1.12 bits per heavy atom. The highest BCUT2D eigenvalue weighted by Gasteiger charge is 2.13. The van der Waals surface area contributed by atoms with E-state index in [1.807, 2.05) is 0 Å². The summed E-state index contributed by atoms with van der Waals surface area (Å²) in [6, 6.07) is 11.8. The first-order chi connectivity index (χ1) is 12.0. The topological polar surface area (TPSA) is 79.5 Å². The number of benzene rings is 2. The molecule has 8 heteroatoms. The maximum atomic E-state index is 12.3. The summed E-state index contributed by atoms with van der Waals surface area (Å²) in [5.74, 6) is -0.00801. The Bertz CT molecular complexity index is 827. The highest BCUT2D eigenvalue weighted by molar-refractivity contribution is 9.10. The first-order valence-electron chi connectivity index (χ1n) is 7.23. The smallest absolute Gasteiger partial charge is 0.257 e. The molecular weight excluding hydrogens is 406 g/mol. The molecule has 0 fully saturated rings. The molecule has 0 aromatic heterocycles. The van der Waals surface area contributed by atoms with Crippen molar-refractivity contribution < 1.29 is 14.3 Å². The van der Waals surface area contributed by atoms with E-state index in [1.165, 1.54) is 0 Å². The van der Waals surface area contributed by atoms with E-state index >= 15 is 0 Å². The van der Waals surface area contributed by atoms with E-state index in [0.29, 0.717) is 27.0 Å². The summed E-state index contributed by atoms with van der Waals surface area (Å²) < 4.78 is 5.79. The van der Waals surface area contributed by atoms with E-state index < -0.39 is 0 Å². The maximum absolute atomic E-state index is 12.3. The van der Waals surface area contributed by atoms with E-state index in [0.717, 1.165) is 0 Å². The highest BCUT2D eigenvalue weighted by Crippen LogP contribution is 2.25. The Labute approximate surface area is 159 Å². The van der Waals surface area contributed by atoms with E-state index in [4.69, 9.17) is 17.0 Å². The second-order valence-corrected chi connectivity index (χ2v) is 6.14. The normalized spacial score (nSPS) is 9.88. The highest BCUT2D eigenvalue weighted by atomic mass is 79.9. The van der Waals surface area contributed by atoms with Crippen LogP contribution in [0.15, 0.2) is 46.9 Å². The molecule has 2 amide bonds. The summed E-state index contributed by atoms with van der Waals surface area (Å²) in [6.07, 6.45) is 0. The van der Waals surface area contributed by atoms with Crippen molar-refractivity contribution >= 4 is 50.8 Å². The number of hydrogen-bond donors (Lipinski definition) is 3. The van der Waals surface area contributed by atoms with Crippen LogP contribution in [0.1, 0.15) is 20.7 Å². The van der Waals surface area contributed by atoms with Gasteiger partial charge in [-0.1, -0.05) is 12.1 Å². The predicted molar refractivity (Wildman–Crippen MR) is 104 cm³/mol. The number of nitrogens with one attached hydrogen (secondary N) is 3. The molecule has 0 saturated carbocycles. The predicted octanol–water partition coefficient (Wildman–Crippen LogP) is 2.94. The minimum Gasteiger partial charge on any atom is -0.496 e. The van der Waals surface area contributed by atoms with Crippen LogP contribution >= 0.6 is 28.1 Å². The molecule has 130 valence electrons. The van der Waals surface area contributed by atoms with Crippen molar-refractivity contribution in [1.82, 2.24) is 10.6 Å². The Hall–Kier alpha value is -2.45. The summed E-state index contributed by atoms with van der Waals surface area (Å²) in [4.78, 5) is 24.2. The fraction of sp³-hybridized carbons (Fsp3) is 0.118. The van der Waals surface area contributed by atoms with Crippen molar-refractivity contribution in [3.05, 3.63) is 58.1 Å². The number of anilines is 1. The van der Waals surface area contributed by atoms with E-state index in [1.54, 1.807) is 56.6 Å². The SMILES string of the molecule is CNC(=O)c1ccccc1NC(=S)NC(=O)c1ccc(OC)c(Br)c1. The molecule has 0 aliphatic carbocycles. The lowest BCUT2D eigenvalue weighted by Gasteiger charge is -2.13. The molecule has 3 N–H and O–H groups in total. The summed E-state index contributed by atoms with van der Waals surface area (Å²) >= 11 is 8.50. The number of carbonyl (C=O) groups excluding carboxylic acids is 2. The lowest BCUT2D eigenvalue weighted by molar-refractivity contribution is 0.0961. The molecule has 0 spiro atoms. The third-order valence-corrected chi connectivity index (χ3v) is 4.11. The van der Waals surface area contributed by atoms with Gasteiger partial charge in [0.05, 0.1) is 22.8 Å². The van der Waals surface area contributed by atoms with Gasteiger partial charge in [0, 0.05) is 12.6 Å². The fourth-order valence-corrected chi connectivity index (χ4v) is 2.80. The van der Waals surface area contributed by atoms with Gasteiger partial charge < -0.3 is 15.4 Å². The second-order valence-electron chi connectivity index (χ2n) is 4.88. The number of para-hydroxylation sites is 1. The lowest BCUT2D eigenvalue weighted by Crippen LogP contribution is -2.34. The van der Waals surface area contributed by atoms with Gasteiger partial charge in [-0.2, -0.15) is 0 Å². The Morgan fingerprint density at radius 2 is 1.84 bits per heavy atom. The fourth-order valence-electron chi connectivity index (χ4n) is 2.06. The number of hydrogen-bond acceptors (Lipinski definition) is 4. The zero-order chi connectivity index (χ0) is 18.4. The first-order valence-corrected chi connectivity index (χ1v) is 8.43. The van der Waals surface area contributed by atoms with Gasteiger partial charge in [0.2, 0.25) is 0 Å².